The van der Waals surface area contributed by atoms with E-state index >= 15 is 0 Å². The molecule has 0 rings (SSSR count). The Hall–Kier alpha value is -1.68. The van der Waals surface area contributed by atoms with Crippen LogP contribution < -0.4 is 10.2 Å². The molecule has 10 nitrogen and oxygen atoms in total. The van der Waals surface area contributed by atoms with E-state index in [2.05, 4.69) is 0 Å². The average Bonchev–Trinajstić information content (AvgIpc) is 2.22. The SMILES string of the molecule is O=C([O-])CN(CCN(CC(=O)O)CC(=O)O)CC(=O)[O-].[Cu]. The topological polar surface area (TPSA) is 161 Å². The van der Waals surface area contributed by atoms with Gasteiger partial charge in [-0.25, -0.2) is 0 Å². The van der Waals surface area contributed by atoms with Crippen LogP contribution in [-0.2, 0) is 36.2 Å². The fourth-order valence-corrected chi connectivity index (χ4v) is 1.46. The van der Waals surface area contributed by atoms with E-state index in [1.54, 1.807) is 0 Å². The van der Waals surface area contributed by atoms with Crippen molar-refractivity contribution in [3.63, 3.8) is 0 Å². The van der Waals surface area contributed by atoms with E-state index in [4.69, 9.17) is 10.2 Å². The summed E-state index contributed by atoms with van der Waals surface area (Å²) in [5.41, 5.74) is 0. The van der Waals surface area contributed by atoms with E-state index in [1.807, 2.05) is 0 Å². The summed E-state index contributed by atoms with van der Waals surface area (Å²) in [5, 5.41) is 38.0. The van der Waals surface area contributed by atoms with Gasteiger partial charge in [0.05, 0.1) is 25.0 Å². The Labute approximate surface area is 130 Å². The number of carboxylic acids is 4. The molecule has 2 N–H and O–H groups in total. The quantitative estimate of drug-likeness (QED) is 0.345. The molecular weight excluding hydrogens is 340 g/mol. The van der Waals surface area contributed by atoms with Crippen molar-refractivity contribution in [2.75, 3.05) is 39.3 Å². The largest absolute Gasteiger partial charge is 0.549 e. The number of hydrogen-bond donors (Lipinski definition) is 2. The van der Waals surface area contributed by atoms with Gasteiger partial charge in [-0.2, -0.15) is 0 Å². The van der Waals surface area contributed by atoms with E-state index in [0.29, 0.717) is 0 Å². The van der Waals surface area contributed by atoms with Crippen LogP contribution in [0.25, 0.3) is 0 Å². The molecule has 21 heavy (non-hydrogen) atoms. The van der Waals surface area contributed by atoms with E-state index < -0.39 is 50.1 Å². The summed E-state index contributed by atoms with van der Waals surface area (Å²) in [6.45, 7) is -2.75. The van der Waals surface area contributed by atoms with Gasteiger partial charge in [0.1, 0.15) is 0 Å². The number of aliphatic carboxylic acids is 4. The Balaban J connectivity index is 0. The molecule has 0 amide bonds. The van der Waals surface area contributed by atoms with Crippen molar-refractivity contribution in [1.29, 1.82) is 0 Å². The minimum Gasteiger partial charge on any atom is -0.549 e. The van der Waals surface area contributed by atoms with Gasteiger partial charge in [0.2, 0.25) is 0 Å². The molecule has 0 spiro atoms. The molecule has 125 valence electrons. The molecule has 0 aliphatic rings. The first-order valence-corrected chi connectivity index (χ1v) is 5.48. The Kier molecular flexibility index (Phi) is 11.4. The third-order valence-electron chi connectivity index (χ3n) is 2.16. The van der Waals surface area contributed by atoms with Gasteiger partial charge in [0.15, 0.2) is 0 Å². The number of carbonyl (C=O) groups is 4. The first-order chi connectivity index (χ1) is 9.20. The molecular formula is C10H14CuN2O8-2. The molecule has 11 heteroatoms. The molecule has 1 radical (unpaired) electrons. The zero-order valence-corrected chi connectivity index (χ0v) is 11.7. The van der Waals surface area contributed by atoms with Crippen molar-refractivity contribution < 1.29 is 56.7 Å². The molecule has 0 aliphatic heterocycles. The zero-order valence-electron chi connectivity index (χ0n) is 10.8. The summed E-state index contributed by atoms with van der Waals surface area (Å²) in [6.07, 6.45) is 0. The van der Waals surface area contributed by atoms with Crippen LogP contribution in [-0.4, -0.2) is 83.2 Å². The monoisotopic (exact) mass is 353 g/mol. The van der Waals surface area contributed by atoms with Gasteiger partial charge in [-0.05, 0) is 0 Å². The maximum atomic E-state index is 10.5. The van der Waals surface area contributed by atoms with Crippen LogP contribution >= 0.6 is 0 Å². The summed E-state index contributed by atoms with van der Waals surface area (Å²) in [6, 6.07) is 0. The molecule has 0 aromatic rings. The zero-order chi connectivity index (χ0) is 15.7. The maximum absolute atomic E-state index is 10.5. The predicted octanol–water partition coefficient (Wildman–Crippen LogP) is -4.74. The second-order valence-corrected chi connectivity index (χ2v) is 3.95. The number of carboxylic acid groups (broad SMARTS) is 4. The van der Waals surface area contributed by atoms with Crippen LogP contribution in [0.5, 0.6) is 0 Å². The van der Waals surface area contributed by atoms with Crippen molar-refractivity contribution in [3.05, 3.63) is 0 Å². The Morgan fingerprint density at radius 2 is 1.00 bits per heavy atom. The van der Waals surface area contributed by atoms with Gasteiger partial charge in [-0.1, -0.05) is 0 Å². The molecule has 0 aromatic carbocycles. The van der Waals surface area contributed by atoms with Crippen molar-refractivity contribution in [1.82, 2.24) is 9.80 Å². The number of nitrogens with zero attached hydrogens (tertiary/aromatic N) is 2. The summed E-state index contributed by atoms with van der Waals surface area (Å²) in [7, 11) is 0. The Morgan fingerprint density at radius 3 is 1.24 bits per heavy atom. The normalized spacial score (nSPS) is 10.2. The molecule has 0 saturated carbocycles. The summed E-state index contributed by atoms with van der Waals surface area (Å²) in [4.78, 5) is 43.9. The molecule has 0 saturated heterocycles. The molecule has 0 fully saturated rings. The number of hydrogen-bond acceptors (Lipinski definition) is 8. The van der Waals surface area contributed by atoms with E-state index in [9.17, 15) is 29.4 Å². The van der Waals surface area contributed by atoms with Crippen LogP contribution in [0.15, 0.2) is 0 Å². The second-order valence-electron chi connectivity index (χ2n) is 3.95. The molecule has 0 aromatic heterocycles. The summed E-state index contributed by atoms with van der Waals surface area (Å²) in [5.74, 6) is -5.52. The second kappa shape index (κ2) is 11.0. The third kappa shape index (κ3) is 13.1. The molecule has 0 bridgehead atoms. The van der Waals surface area contributed by atoms with E-state index in [-0.39, 0.29) is 30.2 Å². The van der Waals surface area contributed by atoms with Gasteiger partial charge in [0, 0.05) is 43.2 Å². The van der Waals surface area contributed by atoms with Crippen molar-refractivity contribution in [2.24, 2.45) is 0 Å². The van der Waals surface area contributed by atoms with Crippen LogP contribution in [0.4, 0.5) is 0 Å². The first kappa shape index (κ1) is 21.6. The summed E-state index contributed by atoms with van der Waals surface area (Å²) < 4.78 is 0. The smallest absolute Gasteiger partial charge is 0.317 e. The van der Waals surface area contributed by atoms with Crippen molar-refractivity contribution in [3.8, 4) is 0 Å². The van der Waals surface area contributed by atoms with E-state index in [0.717, 1.165) is 9.80 Å². The van der Waals surface area contributed by atoms with Crippen LogP contribution in [0, 0.1) is 0 Å². The van der Waals surface area contributed by atoms with E-state index in [1.165, 1.54) is 0 Å². The van der Waals surface area contributed by atoms with Crippen molar-refractivity contribution >= 4 is 23.9 Å². The van der Waals surface area contributed by atoms with Crippen molar-refractivity contribution in [2.45, 2.75) is 0 Å². The number of rotatable bonds is 11. The predicted molar refractivity (Wildman–Crippen MR) is 58.2 cm³/mol. The molecule has 0 aliphatic carbocycles. The maximum Gasteiger partial charge on any atom is 0.317 e. The third-order valence-corrected chi connectivity index (χ3v) is 2.16. The minimum absolute atomic E-state index is 0. The van der Waals surface area contributed by atoms with Gasteiger partial charge in [-0.15, -0.1) is 0 Å². The molecule has 0 heterocycles. The van der Waals surface area contributed by atoms with Gasteiger partial charge < -0.3 is 30.0 Å². The van der Waals surface area contributed by atoms with Crippen LogP contribution in [0.2, 0.25) is 0 Å². The summed E-state index contributed by atoms with van der Waals surface area (Å²) >= 11 is 0. The van der Waals surface area contributed by atoms with Gasteiger partial charge >= 0.3 is 11.9 Å². The fourth-order valence-electron chi connectivity index (χ4n) is 1.46. The van der Waals surface area contributed by atoms with Crippen LogP contribution in [0.1, 0.15) is 0 Å². The minimum atomic E-state index is -1.51. The van der Waals surface area contributed by atoms with Gasteiger partial charge in [0.25, 0.3) is 0 Å². The molecule has 0 unspecified atom stereocenters. The average molecular weight is 354 g/mol. The van der Waals surface area contributed by atoms with Crippen LogP contribution in [0.3, 0.4) is 0 Å². The van der Waals surface area contributed by atoms with Gasteiger partial charge in [-0.3, -0.25) is 19.4 Å². The molecule has 0 atom stereocenters. The first-order valence-electron chi connectivity index (χ1n) is 5.48. The Morgan fingerprint density at radius 1 is 0.714 bits per heavy atom. The number of carbonyl (C=O) groups excluding carboxylic acids is 2. The Bertz CT molecular complexity index is 321. The fraction of sp³-hybridized carbons (Fsp3) is 0.600. The standard InChI is InChI=1S/C10H16N2O8.Cu/c13-7(14)3-11(4-8(15)16)1-2-12(5-9(17)18)6-10(19)20;/h1-6H2,(H,13,14)(H,15,16)(H,17,18)(H,19,20);/p-2.